The first-order valence-corrected chi connectivity index (χ1v) is 7.49. The van der Waals surface area contributed by atoms with E-state index in [2.05, 4.69) is 4.98 Å². The van der Waals surface area contributed by atoms with Crippen molar-refractivity contribution < 1.29 is 4.74 Å². The molecule has 0 radical (unpaired) electrons. The maximum atomic E-state index is 6.10. The average molecular weight is 360 g/mol. The predicted molar refractivity (Wildman–Crippen MR) is 90.0 cm³/mol. The van der Waals surface area contributed by atoms with Crippen LogP contribution in [0.4, 0.5) is 0 Å². The molecule has 1 heterocycles. The Balaban J connectivity index is 2.32. The Morgan fingerprint density at radius 2 is 1.76 bits per heavy atom. The summed E-state index contributed by atoms with van der Waals surface area (Å²) in [7, 11) is 1.57. The highest BCUT2D eigenvalue weighted by molar-refractivity contribution is 7.71. The number of H-pyrrole nitrogens is 1. The zero-order valence-corrected chi connectivity index (χ0v) is 13.9. The Bertz CT molecular complexity index is 901. The van der Waals surface area contributed by atoms with Crippen LogP contribution in [0.2, 0.25) is 15.1 Å². The van der Waals surface area contributed by atoms with E-state index in [4.69, 9.17) is 51.8 Å². The van der Waals surface area contributed by atoms with Gasteiger partial charge in [0.1, 0.15) is 5.75 Å². The Hall–Kier alpha value is -1.20. The molecule has 0 saturated carbocycles. The van der Waals surface area contributed by atoms with E-state index < -0.39 is 0 Å². The molecule has 1 aromatic heterocycles. The highest BCUT2D eigenvalue weighted by atomic mass is 35.5. The van der Waals surface area contributed by atoms with Gasteiger partial charge in [-0.05, 0) is 36.5 Å². The standard InChI is InChI=1S/C14H9Cl3N2OS/c1-20-13-4-7(2-3-8(13)15)19-12-6-10(17)9(16)5-11(12)18-14(19)21/h2-6H,1H3,(H,18,21). The molecule has 21 heavy (non-hydrogen) atoms. The number of fused-ring (bicyclic) bond motifs is 1. The molecule has 7 heteroatoms. The molecule has 0 atom stereocenters. The summed E-state index contributed by atoms with van der Waals surface area (Å²) in [6, 6.07) is 8.95. The molecule has 0 aliphatic rings. The first-order valence-electron chi connectivity index (χ1n) is 5.95. The lowest BCUT2D eigenvalue weighted by atomic mass is 10.2. The van der Waals surface area contributed by atoms with Crippen molar-refractivity contribution in [3.8, 4) is 11.4 Å². The Morgan fingerprint density at radius 1 is 1.05 bits per heavy atom. The molecule has 3 nitrogen and oxygen atoms in total. The quantitative estimate of drug-likeness (QED) is 0.599. The van der Waals surface area contributed by atoms with Crippen LogP contribution in [-0.4, -0.2) is 16.7 Å². The Morgan fingerprint density at radius 3 is 2.48 bits per heavy atom. The topological polar surface area (TPSA) is 29.9 Å². The summed E-state index contributed by atoms with van der Waals surface area (Å²) >= 11 is 23.6. The number of nitrogens with zero attached hydrogens (tertiary/aromatic N) is 1. The highest BCUT2D eigenvalue weighted by Gasteiger charge is 2.11. The zero-order valence-electron chi connectivity index (χ0n) is 10.8. The Kier molecular flexibility index (Phi) is 3.88. The van der Waals surface area contributed by atoms with E-state index in [1.807, 2.05) is 16.7 Å². The van der Waals surface area contributed by atoms with Crippen LogP contribution < -0.4 is 4.74 Å². The molecule has 1 N–H and O–H groups in total. The molecule has 2 aromatic carbocycles. The third-order valence-electron chi connectivity index (χ3n) is 3.12. The molecule has 0 aliphatic carbocycles. The number of hydrogen-bond acceptors (Lipinski definition) is 2. The van der Waals surface area contributed by atoms with Crippen LogP contribution in [0.5, 0.6) is 5.75 Å². The van der Waals surface area contributed by atoms with Gasteiger partial charge in [-0.25, -0.2) is 0 Å². The van der Waals surface area contributed by atoms with Crippen LogP contribution in [0.15, 0.2) is 30.3 Å². The number of ether oxygens (including phenoxy) is 1. The molecule has 3 aromatic rings. The van der Waals surface area contributed by atoms with Gasteiger partial charge >= 0.3 is 0 Å². The van der Waals surface area contributed by atoms with Gasteiger partial charge in [0.05, 0.1) is 38.9 Å². The normalized spacial score (nSPS) is 11.0. The predicted octanol–water partition coefficient (Wildman–Crippen LogP) is 5.66. The maximum Gasteiger partial charge on any atom is 0.182 e. The summed E-state index contributed by atoms with van der Waals surface area (Å²) in [5.41, 5.74) is 2.47. The first-order chi connectivity index (χ1) is 10.0. The molecule has 0 aliphatic heterocycles. The van der Waals surface area contributed by atoms with Crippen LogP contribution in [-0.2, 0) is 0 Å². The summed E-state index contributed by atoms with van der Waals surface area (Å²) < 4.78 is 7.63. The fourth-order valence-electron chi connectivity index (χ4n) is 2.15. The second-order valence-corrected chi connectivity index (χ2v) is 5.98. The number of nitrogens with one attached hydrogen (secondary N) is 1. The minimum Gasteiger partial charge on any atom is -0.495 e. The van der Waals surface area contributed by atoms with Gasteiger partial charge in [0.25, 0.3) is 0 Å². The van der Waals surface area contributed by atoms with Crippen molar-refractivity contribution in [3.05, 3.63) is 50.2 Å². The fraction of sp³-hybridized carbons (Fsp3) is 0.0714. The van der Waals surface area contributed by atoms with Crippen LogP contribution in [0, 0.1) is 4.77 Å². The number of halogens is 3. The minimum absolute atomic E-state index is 0.466. The number of rotatable bonds is 2. The summed E-state index contributed by atoms with van der Waals surface area (Å²) in [5.74, 6) is 0.575. The molecular formula is C14H9Cl3N2OS. The average Bonchev–Trinajstić information content (AvgIpc) is 2.75. The number of imidazole rings is 1. The van der Waals surface area contributed by atoms with Crippen molar-refractivity contribution >= 4 is 58.1 Å². The van der Waals surface area contributed by atoms with Crippen molar-refractivity contribution in [1.29, 1.82) is 0 Å². The molecule has 0 bridgehead atoms. The fourth-order valence-corrected chi connectivity index (χ4v) is 2.98. The highest BCUT2D eigenvalue weighted by Crippen LogP contribution is 2.32. The molecule has 0 spiro atoms. The zero-order chi connectivity index (χ0) is 15.1. The van der Waals surface area contributed by atoms with Crippen molar-refractivity contribution in [3.63, 3.8) is 0 Å². The number of benzene rings is 2. The van der Waals surface area contributed by atoms with Crippen LogP contribution >= 0.6 is 47.0 Å². The second-order valence-electron chi connectivity index (χ2n) is 4.37. The molecule has 0 unspecified atom stereocenters. The lowest BCUT2D eigenvalue weighted by molar-refractivity contribution is 0.415. The summed E-state index contributed by atoms with van der Waals surface area (Å²) in [6.45, 7) is 0. The monoisotopic (exact) mass is 358 g/mol. The summed E-state index contributed by atoms with van der Waals surface area (Å²) in [4.78, 5) is 3.11. The molecule has 0 amide bonds. The second kappa shape index (κ2) is 5.54. The third kappa shape index (κ3) is 2.53. The van der Waals surface area contributed by atoms with E-state index in [0.717, 1.165) is 16.7 Å². The smallest absolute Gasteiger partial charge is 0.182 e. The van der Waals surface area contributed by atoms with E-state index in [1.54, 1.807) is 25.3 Å². The van der Waals surface area contributed by atoms with E-state index >= 15 is 0 Å². The largest absolute Gasteiger partial charge is 0.495 e. The third-order valence-corrected chi connectivity index (χ3v) is 4.44. The van der Waals surface area contributed by atoms with Gasteiger partial charge < -0.3 is 9.72 Å². The van der Waals surface area contributed by atoms with E-state index in [1.165, 1.54) is 0 Å². The first kappa shape index (κ1) is 14.7. The SMILES string of the molecule is COc1cc(-n2c(=S)[nH]c3cc(Cl)c(Cl)cc32)ccc1Cl. The molecular weight excluding hydrogens is 351 g/mol. The number of aromatic nitrogens is 2. The van der Waals surface area contributed by atoms with Gasteiger partial charge in [-0.1, -0.05) is 34.8 Å². The summed E-state index contributed by atoms with van der Waals surface area (Å²) in [5, 5.41) is 1.47. The van der Waals surface area contributed by atoms with E-state index in [0.29, 0.717) is 25.6 Å². The van der Waals surface area contributed by atoms with Crippen molar-refractivity contribution in [2.75, 3.05) is 7.11 Å². The van der Waals surface area contributed by atoms with Gasteiger partial charge in [0, 0.05) is 6.07 Å². The van der Waals surface area contributed by atoms with Crippen molar-refractivity contribution in [2.24, 2.45) is 0 Å². The van der Waals surface area contributed by atoms with Gasteiger partial charge in [-0.2, -0.15) is 0 Å². The maximum absolute atomic E-state index is 6.10. The lowest BCUT2D eigenvalue weighted by Crippen LogP contribution is -1.95. The van der Waals surface area contributed by atoms with E-state index in [-0.39, 0.29) is 0 Å². The summed E-state index contributed by atoms with van der Waals surface area (Å²) in [6.07, 6.45) is 0. The van der Waals surface area contributed by atoms with Gasteiger partial charge in [0.2, 0.25) is 0 Å². The number of hydrogen-bond donors (Lipinski definition) is 1. The van der Waals surface area contributed by atoms with Gasteiger partial charge in [-0.3, -0.25) is 4.57 Å². The van der Waals surface area contributed by atoms with Gasteiger partial charge in [0.15, 0.2) is 4.77 Å². The molecule has 3 rings (SSSR count). The molecule has 0 fully saturated rings. The van der Waals surface area contributed by atoms with Crippen LogP contribution in [0.3, 0.4) is 0 Å². The van der Waals surface area contributed by atoms with Crippen molar-refractivity contribution in [1.82, 2.24) is 9.55 Å². The number of aromatic amines is 1. The van der Waals surface area contributed by atoms with E-state index in [9.17, 15) is 0 Å². The van der Waals surface area contributed by atoms with Crippen molar-refractivity contribution in [2.45, 2.75) is 0 Å². The Labute approximate surface area is 141 Å². The molecule has 0 saturated heterocycles. The lowest BCUT2D eigenvalue weighted by Gasteiger charge is -2.09. The minimum atomic E-state index is 0.466. The number of methoxy groups -OCH3 is 1. The molecule has 108 valence electrons. The van der Waals surface area contributed by atoms with Gasteiger partial charge in [-0.15, -0.1) is 0 Å². The van der Waals surface area contributed by atoms with Crippen LogP contribution in [0.25, 0.3) is 16.7 Å². The van der Waals surface area contributed by atoms with Crippen LogP contribution in [0.1, 0.15) is 0 Å².